The van der Waals surface area contributed by atoms with Gasteiger partial charge in [0.05, 0.1) is 11.6 Å². The molecule has 5 rings (SSSR count). The van der Waals surface area contributed by atoms with Gasteiger partial charge in [0.2, 0.25) is 11.9 Å². The number of aromatic nitrogens is 2. The monoisotopic (exact) mass is 461 g/mol. The number of hydrogen-bond acceptors (Lipinski definition) is 5. The van der Waals surface area contributed by atoms with Crippen LogP contribution in [0.2, 0.25) is 0 Å². The molecule has 0 spiro atoms. The molecule has 2 fully saturated rings. The van der Waals surface area contributed by atoms with Crippen LogP contribution in [0.4, 0.5) is 5.95 Å². The molecule has 1 atom stereocenters. The van der Waals surface area contributed by atoms with Crippen molar-refractivity contribution < 1.29 is 4.79 Å². The zero-order chi connectivity index (χ0) is 23.7. The summed E-state index contributed by atoms with van der Waals surface area (Å²) in [6.45, 7) is 12.1. The number of aryl methyl sites for hydroxylation is 1. The van der Waals surface area contributed by atoms with Gasteiger partial charge in [-0.05, 0) is 48.8 Å². The summed E-state index contributed by atoms with van der Waals surface area (Å²) in [5, 5.41) is 0. The number of piperazine rings is 1. The molecular formula is C28H39N5O. The van der Waals surface area contributed by atoms with Gasteiger partial charge in [-0.15, -0.1) is 0 Å². The maximum atomic E-state index is 13.7. The topological polar surface area (TPSA) is 52.6 Å². The van der Waals surface area contributed by atoms with E-state index in [0.717, 1.165) is 75.4 Å². The summed E-state index contributed by atoms with van der Waals surface area (Å²) in [5.74, 6) is 1.27. The third kappa shape index (κ3) is 4.70. The van der Waals surface area contributed by atoms with Crippen LogP contribution >= 0.6 is 0 Å². The van der Waals surface area contributed by atoms with E-state index in [4.69, 9.17) is 9.97 Å². The second-order valence-electron chi connectivity index (χ2n) is 10.7. The predicted molar refractivity (Wildman–Crippen MR) is 136 cm³/mol. The number of carbonyl (C=O) groups excluding carboxylic acids is 1. The molecule has 1 aromatic heterocycles. The highest BCUT2D eigenvalue weighted by Gasteiger charge is 2.32. The predicted octanol–water partition coefficient (Wildman–Crippen LogP) is 3.83. The molecule has 1 saturated heterocycles. The highest BCUT2D eigenvalue weighted by atomic mass is 16.2. The summed E-state index contributed by atoms with van der Waals surface area (Å²) in [6, 6.07) is 9.14. The first-order chi connectivity index (χ1) is 16.5. The lowest BCUT2D eigenvalue weighted by atomic mass is 9.84. The van der Waals surface area contributed by atoms with Crippen LogP contribution in [0.25, 0.3) is 0 Å². The third-order valence-electron chi connectivity index (χ3n) is 8.17. The Hall–Kier alpha value is -2.47. The Morgan fingerprint density at radius 3 is 2.41 bits per heavy atom. The van der Waals surface area contributed by atoms with Crippen molar-refractivity contribution in [1.29, 1.82) is 0 Å². The smallest absolute Gasteiger partial charge is 0.230 e. The van der Waals surface area contributed by atoms with Crippen molar-refractivity contribution in [3.05, 3.63) is 52.8 Å². The SMILES string of the molecule is Cc1ccccc1C(C(=O)N1CCc2cnc(N3CCN(C4CCC4)CC3)nc2CC1)C(C)C. The van der Waals surface area contributed by atoms with Crippen LogP contribution in [0.1, 0.15) is 61.4 Å². The van der Waals surface area contributed by atoms with Crippen molar-refractivity contribution in [2.75, 3.05) is 44.2 Å². The number of rotatable bonds is 5. The number of hydrogen-bond donors (Lipinski definition) is 0. The molecule has 182 valence electrons. The van der Waals surface area contributed by atoms with Crippen molar-refractivity contribution in [1.82, 2.24) is 19.8 Å². The molecule has 0 radical (unpaired) electrons. The fraction of sp³-hybridized carbons (Fsp3) is 0.607. The van der Waals surface area contributed by atoms with Gasteiger partial charge >= 0.3 is 0 Å². The number of amides is 1. The molecule has 1 aliphatic carbocycles. The summed E-state index contributed by atoms with van der Waals surface area (Å²) in [7, 11) is 0. The number of benzene rings is 1. The maximum Gasteiger partial charge on any atom is 0.230 e. The Balaban J connectivity index is 1.26. The highest BCUT2D eigenvalue weighted by molar-refractivity contribution is 5.84. The number of anilines is 1. The lowest BCUT2D eigenvalue weighted by Crippen LogP contribution is -2.52. The molecule has 0 N–H and O–H groups in total. The van der Waals surface area contributed by atoms with Crippen LogP contribution in [0.5, 0.6) is 0 Å². The average molecular weight is 462 g/mol. The molecule has 1 saturated carbocycles. The van der Waals surface area contributed by atoms with Crippen LogP contribution < -0.4 is 4.90 Å². The molecule has 3 heterocycles. The van der Waals surface area contributed by atoms with E-state index in [1.165, 1.54) is 30.4 Å². The summed E-state index contributed by atoms with van der Waals surface area (Å²) in [5.41, 5.74) is 4.68. The molecular weight excluding hydrogens is 422 g/mol. The summed E-state index contributed by atoms with van der Waals surface area (Å²) in [4.78, 5) is 30.5. The molecule has 1 amide bonds. The molecule has 3 aliphatic rings. The normalized spacial score (nSPS) is 20.6. The van der Waals surface area contributed by atoms with E-state index in [-0.39, 0.29) is 17.7 Å². The molecule has 0 bridgehead atoms. The Kier molecular flexibility index (Phi) is 6.87. The summed E-state index contributed by atoms with van der Waals surface area (Å²) >= 11 is 0. The summed E-state index contributed by atoms with van der Waals surface area (Å²) in [6.07, 6.45) is 7.77. The molecule has 6 nitrogen and oxygen atoms in total. The highest BCUT2D eigenvalue weighted by Crippen LogP contribution is 2.30. The number of fused-ring (bicyclic) bond motifs is 1. The first kappa shape index (κ1) is 23.3. The second-order valence-corrected chi connectivity index (χ2v) is 10.7. The van der Waals surface area contributed by atoms with Crippen molar-refractivity contribution in [2.24, 2.45) is 5.92 Å². The Bertz CT molecular complexity index is 1010. The van der Waals surface area contributed by atoms with Crippen LogP contribution in [-0.2, 0) is 17.6 Å². The lowest BCUT2D eigenvalue weighted by molar-refractivity contribution is -0.133. The van der Waals surface area contributed by atoms with Gasteiger partial charge in [0, 0.05) is 57.9 Å². The van der Waals surface area contributed by atoms with E-state index in [1.54, 1.807) is 0 Å². The Labute approximate surface area is 204 Å². The van der Waals surface area contributed by atoms with Crippen LogP contribution in [0, 0.1) is 12.8 Å². The molecule has 6 heteroatoms. The van der Waals surface area contributed by atoms with E-state index < -0.39 is 0 Å². The van der Waals surface area contributed by atoms with Gasteiger partial charge in [0.1, 0.15) is 0 Å². The second kappa shape index (κ2) is 10.0. The minimum Gasteiger partial charge on any atom is -0.341 e. The standard InChI is InChI=1S/C28H39N5O/c1-20(2)26(24-10-5-4-7-21(24)3)27(34)32-13-11-22-19-29-28(30-25(22)12-14-32)33-17-15-31(16-18-33)23-8-6-9-23/h4-5,7,10,19-20,23,26H,6,8-9,11-18H2,1-3H3. The lowest BCUT2D eigenvalue weighted by Gasteiger charge is -2.43. The third-order valence-corrected chi connectivity index (χ3v) is 8.17. The van der Waals surface area contributed by atoms with Gasteiger partial charge in [-0.1, -0.05) is 44.5 Å². The van der Waals surface area contributed by atoms with E-state index >= 15 is 0 Å². The molecule has 2 aromatic rings. The minimum atomic E-state index is -0.101. The van der Waals surface area contributed by atoms with E-state index in [9.17, 15) is 4.79 Å². The van der Waals surface area contributed by atoms with E-state index in [1.807, 2.05) is 18.3 Å². The quantitative estimate of drug-likeness (QED) is 0.677. The summed E-state index contributed by atoms with van der Waals surface area (Å²) < 4.78 is 0. The molecule has 34 heavy (non-hydrogen) atoms. The zero-order valence-corrected chi connectivity index (χ0v) is 21.0. The van der Waals surface area contributed by atoms with Gasteiger partial charge in [-0.3, -0.25) is 9.69 Å². The van der Waals surface area contributed by atoms with Gasteiger partial charge < -0.3 is 9.80 Å². The van der Waals surface area contributed by atoms with Crippen LogP contribution in [-0.4, -0.2) is 71.0 Å². The molecule has 1 unspecified atom stereocenters. The largest absolute Gasteiger partial charge is 0.341 e. The van der Waals surface area contributed by atoms with Crippen molar-refractivity contribution in [3.63, 3.8) is 0 Å². The van der Waals surface area contributed by atoms with E-state index in [2.05, 4.69) is 47.6 Å². The Morgan fingerprint density at radius 2 is 1.74 bits per heavy atom. The first-order valence-corrected chi connectivity index (χ1v) is 13.2. The first-order valence-electron chi connectivity index (χ1n) is 13.2. The Morgan fingerprint density at radius 1 is 1.00 bits per heavy atom. The van der Waals surface area contributed by atoms with E-state index in [0.29, 0.717) is 0 Å². The number of carbonyl (C=O) groups is 1. The van der Waals surface area contributed by atoms with Crippen molar-refractivity contribution in [2.45, 2.75) is 64.8 Å². The average Bonchev–Trinajstić information content (AvgIpc) is 3.02. The fourth-order valence-electron chi connectivity index (χ4n) is 5.79. The fourth-order valence-corrected chi connectivity index (χ4v) is 5.79. The van der Waals surface area contributed by atoms with Crippen LogP contribution in [0.15, 0.2) is 30.5 Å². The maximum absolute atomic E-state index is 13.7. The van der Waals surface area contributed by atoms with Gasteiger partial charge in [0.15, 0.2) is 0 Å². The van der Waals surface area contributed by atoms with Crippen molar-refractivity contribution >= 4 is 11.9 Å². The molecule has 1 aromatic carbocycles. The van der Waals surface area contributed by atoms with Crippen LogP contribution in [0.3, 0.4) is 0 Å². The molecule has 2 aliphatic heterocycles. The van der Waals surface area contributed by atoms with Gasteiger partial charge in [-0.2, -0.15) is 0 Å². The zero-order valence-electron chi connectivity index (χ0n) is 21.0. The van der Waals surface area contributed by atoms with Gasteiger partial charge in [0.25, 0.3) is 0 Å². The number of nitrogens with zero attached hydrogens (tertiary/aromatic N) is 5. The minimum absolute atomic E-state index is 0.101. The van der Waals surface area contributed by atoms with Gasteiger partial charge in [-0.25, -0.2) is 9.97 Å². The van der Waals surface area contributed by atoms with Crippen molar-refractivity contribution in [3.8, 4) is 0 Å².